The molecule has 2 aromatic carbocycles. The highest BCUT2D eigenvalue weighted by atomic mass is 35.5. The van der Waals surface area contributed by atoms with Gasteiger partial charge in [-0.05, 0) is 111 Å². The summed E-state index contributed by atoms with van der Waals surface area (Å²) in [5, 5.41) is -0.0309. The monoisotopic (exact) mass is 740 g/mol. The van der Waals surface area contributed by atoms with Crippen LogP contribution < -0.4 is 14.4 Å². The molecule has 10 nitrogen and oxygen atoms in total. The van der Waals surface area contributed by atoms with Crippen molar-refractivity contribution in [2.75, 3.05) is 64.9 Å². The van der Waals surface area contributed by atoms with E-state index >= 15 is 0 Å². The number of piperazine rings is 1. The minimum absolute atomic E-state index is 0.122. The Bertz CT molecular complexity index is 1770. The van der Waals surface area contributed by atoms with Gasteiger partial charge in [-0.1, -0.05) is 31.0 Å². The van der Waals surface area contributed by atoms with E-state index in [0.29, 0.717) is 56.4 Å². The van der Waals surface area contributed by atoms with E-state index in [9.17, 15) is 18.0 Å². The van der Waals surface area contributed by atoms with Crippen molar-refractivity contribution < 1.29 is 27.5 Å². The zero-order valence-electron chi connectivity index (χ0n) is 30.5. The highest BCUT2D eigenvalue weighted by molar-refractivity contribution is 7.90. The van der Waals surface area contributed by atoms with Gasteiger partial charge in [-0.3, -0.25) is 14.5 Å². The minimum atomic E-state index is -3.95. The number of hydrogen-bond acceptors (Lipinski definition) is 8. The second-order valence-electron chi connectivity index (χ2n) is 16.1. The molecule has 1 saturated heterocycles. The van der Waals surface area contributed by atoms with Crippen LogP contribution in [0.1, 0.15) is 80.3 Å². The van der Waals surface area contributed by atoms with E-state index in [1.165, 1.54) is 11.1 Å². The van der Waals surface area contributed by atoms with E-state index in [1.807, 2.05) is 39.3 Å². The lowest BCUT2D eigenvalue weighted by atomic mass is 9.62. The number of rotatable bonds is 3. The molecule has 1 saturated carbocycles. The summed E-state index contributed by atoms with van der Waals surface area (Å²) in [6, 6.07) is 11.5. The number of likely N-dealkylation sites (N-methyl/N-ethyl adjacent to an activating group) is 1. The van der Waals surface area contributed by atoms with Crippen molar-refractivity contribution >= 4 is 39.1 Å². The third-order valence-corrected chi connectivity index (χ3v) is 15.2. The van der Waals surface area contributed by atoms with E-state index in [1.54, 1.807) is 17.9 Å². The van der Waals surface area contributed by atoms with E-state index in [-0.39, 0.29) is 23.2 Å². The summed E-state index contributed by atoms with van der Waals surface area (Å²) in [7, 11) is -0.272. The smallest absolute Gasteiger partial charge is 0.264 e. The fourth-order valence-corrected chi connectivity index (χ4v) is 11.1. The highest BCUT2D eigenvalue weighted by Crippen LogP contribution is 2.50. The summed E-state index contributed by atoms with van der Waals surface area (Å²) in [6.07, 6.45) is 7.23. The van der Waals surface area contributed by atoms with Crippen molar-refractivity contribution in [3.63, 3.8) is 0 Å². The normalized spacial score (nSPS) is 33.0. The predicted molar refractivity (Wildman–Crippen MR) is 199 cm³/mol. The molecular weight excluding hydrogens is 688 g/mol. The molecule has 2 amide bonds. The molecule has 3 heterocycles. The second kappa shape index (κ2) is 14.2. The Hall–Kier alpha value is -2.86. The lowest BCUT2D eigenvalue weighted by Gasteiger charge is -2.53. The van der Waals surface area contributed by atoms with Gasteiger partial charge in [0.2, 0.25) is 15.9 Å². The van der Waals surface area contributed by atoms with Gasteiger partial charge in [0.15, 0.2) is 0 Å². The summed E-state index contributed by atoms with van der Waals surface area (Å²) < 4.78 is 42.9. The number of carbonyl (C=O) groups excluding carboxylic acids is 2. The molecule has 0 aromatic heterocycles. The van der Waals surface area contributed by atoms with Gasteiger partial charge in [-0.15, -0.1) is 0 Å². The van der Waals surface area contributed by atoms with Crippen LogP contribution >= 0.6 is 11.6 Å². The van der Waals surface area contributed by atoms with Gasteiger partial charge in [0.05, 0.1) is 29.7 Å². The third kappa shape index (κ3) is 7.00. The summed E-state index contributed by atoms with van der Waals surface area (Å²) in [5.41, 5.74) is 2.85. The number of carbonyl (C=O) groups is 2. The molecule has 278 valence electrons. The molecule has 0 radical (unpaired) electrons. The average Bonchev–Trinajstić information content (AvgIpc) is 3.23. The van der Waals surface area contributed by atoms with Crippen LogP contribution in [-0.4, -0.2) is 101 Å². The molecule has 2 bridgehead atoms. The fourth-order valence-electron chi connectivity index (χ4n) is 9.58. The van der Waals surface area contributed by atoms with Crippen molar-refractivity contribution in [1.29, 1.82) is 0 Å². The van der Waals surface area contributed by atoms with Crippen LogP contribution in [0.4, 0.5) is 5.69 Å². The molecule has 5 aliphatic rings. The van der Waals surface area contributed by atoms with Gasteiger partial charge >= 0.3 is 0 Å². The maximum Gasteiger partial charge on any atom is 0.264 e. The SMILES string of the molecule is CO[C@@]1(CN2CCN(C)C(=O)C2)CCC[C@H](C)[C@@H](C)S(=O)(=O)NC(=O)c2ccc3c(c2)N(C[C@@H]2CC[C@H]21)C[C@@]1(CCCc2cc(Cl)ccc21)CO3. The number of amides is 2. The molecule has 2 fully saturated rings. The molecule has 2 aliphatic carbocycles. The minimum Gasteiger partial charge on any atom is -0.490 e. The highest BCUT2D eigenvalue weighted by Gasteiger charge is 2.51. The number of sulfonamides is 1. The molecule has 2 aromatic rings. The van der Waals surface area contributed by atoms with Crippen molar-refractivity contribution in [2.24, 2.45) is 17.8 Å². The van der Waals surface area contributed by atoms with Crippen molar-refractivity contribution in [3.8, 4) is 5.75 Å². The average molecular weight is 741 g/mol. The van der Waals surface area contributed by atoms with Crippen LogP contribution in [0, 0.1) is 17.8 Å². The second-order valence-corrected chi connectivity index (χ2v) is 18.6. The Morgan fingerprint density at radius 1 is 1.04 bits per heavy atom. The van der Waals surface area contributed by atoms with Crippen LogP contribution in [0.15, 0.2) is 36.4 Å². The first-order valence-corrected chi connectivity index (χ1v) is 20.6. The van der Waals surface area contributed by atoms with Gasteiger partial charge in [0.25, 0.3) is 5.91 Å². The number of anilines is 1. The number of hydrogen-bond donors (Lipinski definition) is 1. The predicted octanol–water partition coefficient (Wildman–Crippen LogP) is 5.27. The van der Waals surface area contributed by atoms with E-state index in [2.05, 4.69) is 26.7 Å². The van der Waals surface area contributed by atoms with Crippen LogP contribution in [0.25, 0.3) is 0 Å². The first kappa shape index (κ1) is 36.5. The topological polar surface area (TPSA) is 108 Å². The first-order valence-electron chi connectivity index (χ1n) is 18.7. The number of ether oxygens (including phenoxy) is 2. The molecule has 1 spiro atoms. The Balaban J connectivity index is 1.30. The number of methoxy groups -OCH3 is 1. The molecule has 12 heteroatoms. The quantitative estimate of drug-likeness (QED) is 0.454. The van der Waals surface area contributed by atoms with Crippen LogP contribution in [0.5, 0.6) is 5.75 Å². The molecule has 1 N–H and O–H groups in total. The third-order valence-electron chi connectivity index (χ3n) is 13.1. The molecule has 7 rings (SSSR count). The van der Waals surface area contributed by atoms with E-state index in [4.69, 9.17) is 21.1 Å². The van der Waals surface area contributed by atoms with Crippen molar-refractivity contribution in [2.45, 2.75) is 81.5 Å². The molecule has 6 atom stereocenters. The van der Waals surface area contributed by atoms with Gasteiger partial charge in [0, 0.05) is 62.9 Å². The number of halogens is 1. The summed E-state index contributed by atoms with van der Waals surface area (Å²) >= 11 is 6.48. The molecule has 0 unspecified atom stereocenters. The maximum atomic E-state index is 13.6. The summed E-state index contributed by atoms with van der Waals surface area (Å²) in [6.45, 7) is 8.08. The summed E-state index contributed by atoms with van der Waals surface area (Å²) in [4.78, 5) is 32.9. The van der Waals surface area contributed by atoms with Gasteiger partial charge in [0.1, 0.15) is 5.75 Å². The Morgan fingerprint density at radius 2 is 1.86 bits per heavy atom. The standard InChI is InChI=1S/C39H53ClN4O6S/c1-26-7-5-16-39(49-4,24-43-18-17-42(3)36(45)22-43)33-12-9-30(33)21-44-23-38(15-6-8-28-19-31(40)11-13-32(28)38)25-50-35-14-10-29(20-34(35)44)37(46)41-51(47,48)27(26)2/h10-11,13-14,19-20,26-27,30,33H,5-9,12,15-18,21-25H2,1-4H3,(H,41,46)/t26-,27+,30-,33+,38-,39+/m0/s1. The lowest BCUT2D eigenvalue weighted by Crippen LogP contribution is -2.60. The molecule has 51 heavy (non-hydrogen) atoms. The van der Waals surface area contributed by atoms with Gasteiger partial charge in [-0.25, -0.2) is 13.1 Å². The van der Waals surface area contributed by atoms with E-state index < -0.39 is 26.8 Å². The number of nitrogens with one attached hydrogen (secondary N) is 1. The Labute approximate surface area is 308 Å². The zero-order chi connectivity index (χ0) is 36.1. The van der Waals surface area contributed by atoms with Crippen LogP contribution in [0.2, 0.25) is 5.02 Å². The number of benzene rings is 2. The van der Waals surface area contributed by atoms with Crippen molar-refractivity contribution in [3.05, 3.63) is 58.1 Å². The molecular formula is C39H53ClN4O6S. The Kier molecular flexibility index (Phi) is 10.1. The van der Waals surface area contributed by atoms with Crippen LogP contribution in [-0.2, 0) is 31.4 Å². The first-order chi connectivity index (χ1) is 24.3. The number of aryl methyl sites for hydroxylation is 1. The summed E-state index contributed by atoms with van der Waals surface area (Å²) in [5.74, 6) is 0.570. The number of nitrogens with zero attached hydrogens (tertiary/aromatic N) is 3. The lowest BCUT2D eigenvalue weighted by molar-refractivity contribution is -0.146. The van der Waals surface area contributed by atoms with Gasteiger partial charge < -0.3 is 19.3 Å². The van der Waals surface area contributed by atoms with Crippen molar-refractivity contribution in [1.82, 2.24) is 14.5 Å². The zero-order valence-corrected chi connectivity index (χ0v) is 32.0. The maximum absolute atomic E-state index is 13.6. The van der Waals surface area contributed by atoms with Gasteiger partial charge in [-0.2, -0.15) is 0 Å². The largest absolute Gasteiger partial charge is 0.490 e. The molecule has 3 aliphatic heterocycles. The van der Waals surface area contributed by atoms with Crippen LogP contribution in [0.3, 0.4) is 0 Å². The number of fused-ring (bicyclic) bond motifs is 4. The van der Waals surface area contributed by atoms with E-state index in [0.717, 1.165) is 68.7 Å². The Morgan fingerprint density at radius 3 is 2.61 bits per heavy atom. The fraction of sp³-hybridized carbons (Fsp3) is 0.641.